The summed E-state index contributed by atoms with van der Waals surface area (Å²) in [7, 11) is 0. The summed E-state index contributed by atoms with van der Waals surface area (Å²) >= 11 is 0. The molecule has 0 saturated heterocycles. The fourth-order valence-electron chi connectivity index (χ4n) is 1.93. The minimum atomic E-state index is -0.332. The van der Waals surface area contributed by atoms with Crippen molar-refractivity contribution in [3.8, 4) is 11.5 Å². The number of ether oxygens (including phenoxy) is 1. The molecule has 0 aromatic heterocycles. The average Bonchev–Trinajstić information content (AvgIpc) is 2.45. The van der Waals surface area contributed by atoms with Gasteiger partial charge in [-0.05, 0) is 38.1 Å². The van der Waals surface area contributed by atoms with Gasteiger partial charge in [-0.2, -0.15) is 0 Å². The van der Waals surface area contributed by atoms with Gasteiger partial charge in [0.25, 0.3) is 0 Å². The molecule has 0 heterocycles. The maximum Gasteiger partial charge on any atom is 0.167 e. The Morgan fingerprint density at radius 1 is 1.10 bits per heavy atom. The van der Waals surface area contributed by atoms with Crippen molar-refractivity contribution in [1.29, 1.82) is 0 Å². The van der Waals surface area contributed by atoms with Crippen molar-refractivity contribution < 1.29 is 9.13 Å². The van der Waals surface area contributed by atoms with Gasteiger partial charge in [0.15, 0.2) is 11.6 Å². The molecule has 2 nitrogen and oxygen atoms in total. The Kier molecular flexibility index (Phi) is 5.13. The van der Waals surface area contributed by atoms with Crippen molar-refractivity contribution in [2.45, 2.75) is 26.8 Å². The number of para-hydroxylation sites is 1. The third-order valence-corrected chi connectivity index (χ3v) is 3.03. The van der Waals surface area contributed by atoms with Gasteiger partial charge in [-0.15, -0.1) is 0 Å². The summed E-state index contributed by atoms with van der Waals surface area (Å²) in [5.74, 6) is 0.624. The lowest BCUT2D eigenvalue weighted by Gasteiger charge is -2.13. The van der Waals surface area contributed by atoms with Crippen molar-refractivity contribution >= 4 is 0 Å². The summed E-state index contributed by atoms with van der Waals surface area (Å²) in [4.78, 5) is 0. The lowest BCUT2D eigenvalue weighted by molar-refractivity contribution is 0.433. The van der Waals surface area contributed by atoms with Crippen LogP contribution < -0.4 is 10.1 Å². The minimum Gasteiger partial charge on any atom is -0.454 e. The Hall–Kier alpha value is -1.87. The maximum atomic E-state index is 14.0. The Morgan fingerprint density at radius 3 is 2.55 bits per heavy atom. The zero-order valence-corrected chi connectivity index (χ0v) is 11.9. The fraction of sp³-hybridized carbons (Fsp3) is 0.294. The van der Waals surface area contributed by atoms with Crippen LogP contribution >= 0.6 is 0 Å². The summed E-state index contributed by atoms with van der Waals surface area (Å²) < 4.78 is 19.7. The second-order valence-electron chi connectivity index (χ2n) is 4.82. The van der Waals surface area contributed by atoms with Crippen LogP contribution in [0.5, 0.6) is 11.5 Å². The predicted octanol–water partition coefficient (Wildman–Crippen LogP) is 4.43. The lowest BCUT2D eigenvalue weighted by atomic mass is 10.2. The maximum absolute atomic E-state index is 14.0. The molecule has 0 aliphatic heterocycles. The molecule has 20 heavy (non-hydrogen) atoms. The quantitative estimate of drug-likeness (QED) is 0.786. The molecule has 0 unspecified atom stereocenters. The van der Waals surface area contributed by atoms with Crippen LogP contribution in [0.3, 0.4) is 0 Å². The molecule has 0 saturated carbocycles. The summed E-state index contributed by atoms with van der Waals surface area (Å²) in [6, 6.07) is 12.6. The van der Waals surface area contributed by atoms with Gasteiger partial charge in [-0.25, -0.2) is 4.39 Å². The molecule has 106 valence electrons. The molecule has 0 bridgehead atoms. The van der Waals surface area contributed by atoms with E-state index in [9.17, 15) is 4.39 Å². The zero-order chi connectivity index (χ0) is 14.4. The van der Waals surface area contributed by atoms with E-state index in [-0.39, 0.29) is 5.82 Å². The molecular weight excluding hydrogens is 253 g/mol. The van der Waals surface area contributed by atoms with E-state index in [2.05, 4.69) is 12.2 Å². The third-order valence-electron chi connectivity index (χ3n) is 3.03. The molecule has 0 aliphatic rings. The Balaban J connectivity index is 2.18. The van der Waals surface area contributed by atoms with Gasteiger partial charge in [-0.3, -0.25) is 0 Å². The Bertz CT molecular complexity index is 551. The van der Waals surface area contributed by atoms with E-state index in [1.54, 1.807) is 6.07 Å². The third kappa shape index (κ3) is 3.81. The number of nitrogens with one attached hydrogen (secondary N) is 1. The molecule has 2 aromatic rings. The number of benzene rings is 2. The molecule has 0 fully saturated rings. The van der Waals surface area contributed by atoms with E-state index in [0.29, 0.717) is 18.0 Å². The van der Waals surface area contributed by atoms with Gasteiger partial charge < -0.3 is 10.1 Å². The van der Waals surface area contributed by atoms with E-state index in [4.69, 9.17) is 4.74 Å². The van der Waals surface area contributed by atoms with Gasteiger partial charge in [0.2, 0.25) is 0 Å². The molecule has 2 aromatic carbocycles. The van der Waals surface area contributed by atoms with Crippen LogP contribution in [0.25, 0.3) is 0 Å². The lowest BCUT2D eigenvalue weighted by Crippen LogP contribution is -2.14. The fourth-order valence-corrected chi connectivity index (χ4v) is 1.93. The topological polar surface area (TPSA) is 21.3 Å². The second-order valence-corrected chi connectivity index (χ2v) is 4.82. The first-order valence-electron chi connectivity index (χ1n) is 6.93. The van der Waals surface area contributed by atoms with Gasteiger partial charge >= 0.3 is 0 Å². The summed E-state index contributed by atoms with van der Waals surface area (Å²) in [6.07, 6.45) is 1.05. The van der Waals surface area contributed by atoms with Crippen LogP contribution in [0, 0.1) is 12.7 Å². The highest BCUT2D eigenvalue weighted by atomic mass is 19.1. The smallest absolute Gasteiger partial charge is 0.167 e. The summed E-state index contributed by atoms with van der Waals surface area (Å²) in [5.41, 5.74) is 1.98. The van der Waals surface area contributed by atoms with Crippen LogP contribution in [0.2, 0.25) is 0 Å². The van der Waals surface area contributed by atoms with Gasteiger partial charge in [0, 0.05) is 12.1 Å². The molecular formula is C17H20FNO. The van der Waals surface area contributed by atoms with Crippen LogP contribution in [0.4, 0.5) is 4.39 Å². The average molecular weight is 273 g/mol. The first kappa shape index (κ1) is 14.5. The molecule has 0 spiro atoms. The van der Waals surface area contributed by atoms with Crippen LogP contribution in [-0.2, 0) is 6.54 Å². The first-order valence-corrected chi connectivity index (χ1v) is 6.93. The number of hydrogen-bond donors (Lipinski definition) is 1. The van der Waals surface area contributed by atoms with E-state index >= 15 is 0 Å². The molecule has 0 amide bonds. The van der Waals surface area contributed by atoms with Crippen molar-refractivity contribution in [3.63, 3.8) is 0 Å². The standard InChI is InChI=1S/C17H20FNO/c1-3-11-19-12-14-5-4-6-16(18)17(14)20-15-9-7-13(2)8-10-15/h4-10,19H,3,11-12H2,1-2H3. The normalized spacial score (nSPS) is 10.6. The molecule has 3 heteroatoms. The van der Waals surface area contributed by atoms with Crippen LogP contribution in [-0.4, -0.2) is 6.54 Å². The van der Waals surface area contributed by atoms with Crippen LogP contribution in [0.1, 0.15) is 24.5 Å². The number of rotatable bonds is 6. The number of aryl methyl sites for hydroxylation is 1. The first-order chi connectivity index (χ1) is 9.70. The summed E-state index contributed by atoms with van der Waals surface area (Å²) in [5, 5.41) is 3.27. The molecule has 0 aliphatic carbocycles. The largest absolute Gasteiger partial charge is 0.454 e. The van der Waals surface area contributed by atoms with E-state index in [1.165, 1.54) is 6.07 Å². The summed E-state index contributed by atoms with van der Waals surface area (Å²) in [6.45, 7) is 5.61. The van der Waals surface area contributed by atoms with Gasteiger partial charge in [-0.1, -0.05) is 36.8 Å². The van der Waals surface area contributed by atoms with Crippen molar-refractivity contribution in [2.24, 2.45) is 0 Å². The molecule has 0 radical (unpaired) electrons. The number of halogens is 1. The van der Waals surface area contributed by atoms with Gasteiger partial charge in [0.1, 0.15) is 5.75 Å². The minimum absolute atomic E-state index is 0.306. The predicted molar refractivity (Wildman–Crippen MR) is 79.7 cm³/mol. The molecule has 1 N–H and O–H groups in total. The second kappa shape index (κ2) is 7.06. The van der Waals surface area contributed by atoms with Crippen molar-refractivity contribution in [2.75, 3.05) is 6.54 Å². The molecule has 2 rings (SSSR count). The van der Waals surface area contributed by atoms with Crippen LogP contribution in [0.15, 0.2) is 42.5 Å². The highest BCUT2D eigenvalue weighted by Gasteiger charge is 2.10. The zero-order valence-electron chi connectivity index (χ0n) is 11.9. The SMILES string of the molecule is CCCNCc1cccc(F)c1Oc1ccc(C)cc1. The van der Waals surface area contributed by atoms with Gasteiger partial charge in [0.05, 0.1) is 0 Å². The Morgan fingerprint density at radius 2 is 1.85 bits per heavy atom. The van der Waals surface area contributed by atoms with E-state index in [0.717, 1.165) is 24.1 Å². The Labute approximate surface area is 119 Å². The van der Waals surface area contributed by atoms with Crippen molar-refractivity contribution in [3.05, 3.63) is 59.4 Å². The highest BCUT2D eigenvalue weighted by Crippen LogP contribution is 2.28. The van der Waals surface area contributed by atoms with Crippen molar-refractivity contribution in [1.82, 2.24) is 5.32 Å². The molecule has 0 atom stereocenters. The van der Waals surface area contributed by atoms with E-state index < -0.39 is 0 Å². The van der Waals surface area contributed by atoms with E-state index in [1.807, 2.05) is 37.3 Å². The highest BCUT2D eigenvalue weighted by molar-refractivity contribution is 5.39. The monoisotopic (exact) mass is 273 g/mol. The number of hydrogen-bond acceptors (Lipinski definition) is 2.